The van der Waals surface area contributed by atoms with E-state index in [1.807, 2.05) is 43.3 Å². The quantitative estimate of drug-likeness (QED) is 0.348. The zero-order valence-electron chi connectivity index (χ0n) is 18.1. The van der Waals surface area contributed by atoms with E-state index < -0.39 is 0 Å². The Bertz CT molecular complexity index is 1120. The number of thiocarbonyl (C=S) groups is 1. The summed E-state index contributed by atoms with van der Waals surface area (Å²) in [5, 5.41) is 8.65. The SMILES string of the molecule is CCCOc1ccc(Br)cc1C(=O)NC(=S)Nc1ccc(C(=O)NCc2ccccc2)cc1. The topological polar surface area (TPSA) is 79.5 Å². The van der Waals surface area contributed by atoms with Crippen molar-refractivity contribution >= 4 is 50.8 Å². The summed E-state index contributed by atoms with van der Waals surface area (Å²) in [7, 11) is 0. The minimum atomic E-state index is -0.378. The third kappa shape index (κ3) is 7.40. The lowest BCUT2D eigenvalue weighted by Crippen LogP contribution is -2.34. The van der Waals surface area contributed by atoms with E-state index in [0.717, 1.165) is 16.5 Å². The maximum absolute atomic E-state index is 12.7. The van der Waals surface area contributed by atoms with Crippen molar-refractivity contribution in [1.29, 1.82) is 0 Å². The fourth-order valence-electron chi connectivity index (χ4n) is 2.94. The fraction of sp³-hybridized carbons (Fsp3) is 0.160. The Morgan fingerprint density at radius 2 is 1.70 bits per heavy atom. The molecule has 6 nitrogen and oxygen atoms in total. The van der Waals surface area contributed by atoms with Gasteiger partial charge in [0.2, 0.25) is 0 Å². The number of hydrogen-bond donors (Lipinski definition) is 3. The highest BCUT2D eigenvalue weighted by molar-refractivity contribution is 9.10. The molecule has 0 unspecified atom stereocenters. The van der Waals surface area contributed by atoms with Crippen LogP contribution in [0.5, 0.6) is 5.75 Å². The molecule has 0 atom stereocenters. The van der Waals surface area contributed by atoms with Gasteiger partial charge >= 0.3 is 0 Å². The molecule has 0 fully saturated rings. The number of halogens is 1. The number of rotatable bonds is 8. The van der Waals surface area contributed by atoms with Crippen molar-refractivity contribution in [1.82, 2.24) is 10.6 Å². The first-order valence-corrected chi connectivity index (χ1v) is 11.6. The summed E-state index contributed by atoms with van der Waals surface area (Å²) in [5.41, 5.74) is 2.58. The van der Waals surface area contributed by atoms with Crippen LogP contribution >= 0.6 is 28.1 Å². The van der Waals surface area contributed by atoms with Gasteiger partial charge in [-0.2, -0.15) is 0 Å². The molecule has 0 aromatic heterocycles. The van der Waals surface area contributed by atoms with E-state index in [2.05, 4.69) is 31.9 Å². The number of carbonyl (C=O) groups excluding carboxylic acids is 2. The summed E-state index contributed by atoms with van der Waals surface area (Å²) in [6, 6.07) is 21.8. The van der Waals surface area contributed by atoms with Crippen molar-refractivity contribution in [3.05, 3.63) is 94.0 Å². The molecular weight excluding hydrogens is 502 g/mol. The molecule has 0 spiro atoms. The van der Waals surface area contributed by atoms with Gasteiger partial charge in [0, 0.05) is 22.3 Å². The smallest absolute Gasteiger partial charge is 0.261 e. The number of anilines is 1. The molecule has 0 saturated heterocycles. The number of amides is 2. The summed E-state index contributed by atoms with van der Waals surface area (Å²) in [4.78, 5) is 25.1. The minimum Gasteiger partial charge on any atom is -0.493 e. The number of ether oxygens (including phenoxy) is 1. The monoisotopic (exact) mass is 525 g/mol. The summed E-state index contributed by atoms with van der Waals surface area (Å²) in [6.45, 7) is 2.96. The summed E-state index contributed by atoms with van der Waals surface area (Å²) >= 11 is 8.66. The van der Waals surface area contributed by atoms with Gasteiger partial charge in [0.05, 0.1) is 12.2 Å². The zero-order chi connectivity index (χ0) is 23.6. The molecule has 8 heteroatoms. The van der Waals surface area contributed by atoms with Gasteiger partial charge in [-0.05, 0) is 66.7 Å². The molecule has 3 N–H and O–H groups in total. The van der Waals surface area contributed by atoms with E-state index in [0.29, 0.717) is 35.7 Å². The second-order valence-corrected chi connectivity index (χ2v) is 8.47. The number of nitrogens with one attached hydrogen (secondary N) is 3. The number of hydrogen-bond acceptors (Lipinski definition) is 4. The van der Waals surface area contributed by atoms with Gasteiger partial charge in [0.1, 0.15) is 5.75 Å². The first-order chi connectivity index (χ1) is 16.0. The van der Waals surface area contributed by atoms with Crippen molar-refractivity contribution in [2.24, 2.45) is 0 Å². The Morgan fingerprint density at radius 3 is 2.39 bits per heavy atom. The Balaban J connectivity index is 1.56. The highest BCUT2D eigenvalue weighted by Gasteiger charge is 2.15. The van der Waals surface area contributed by atoms with Crippen molar-refractivity contribution in [2.45, 2.75) is 19.9 Å². The lowest BCUT2D eigenvalue weighted by atomic mass is 10.1. The van der Waals surface area contributed by atoms with Crippen LogP contribution in [0.1, 0.15) is 39.6 Å². The molecular formula is C25H24BrN3O3S. The van der Waals surface area contributed by atoms with Crippen molar-refractivity contribution < 1.29 is 14.3 Å². The van der Waals surface area contributed by atoms with Crippen LogP contribution in [0.4, 0.5) is 5.69 Å². The molecule has 170 valence electrons. The highest BCUT2D eigenvalue weighted by atomic mass is 79.9. The van der Waals surface area contributed by atoms with Gasteiger partial charge in [-0.3, -0.25) is 14.9 Å². The van der Waals surface area contributed by atoms with Crippen molar-refractivity contribution in [3.63, 3.8) is 0 Å². The van der Waals surface area contributed by atoms with Crippen LogP contribution in [0.3, 0.4) is 0 Å². The average Bonchev–Trinajstić information content (AvgIpc) is 2.82. The molecule has 3 rings (SSSR count). The molecule has 3 aromatic carbocycles. The maximum atomic E-state index is 12.7. The van der Waals surface area contributed by atoms with Gasteiger partial charge in [0.15, 0.2) is 5.11 Å². The van der Waals surface area contributed by atoms with Crippen LogP contribution in [0.25, 0.3) is 0 Å². The molecule has 0 heterocycles. The molecule has 33 heavy (non-hydrogen) atoms. The molecule has 0 radical (unpaired) electrons. The number of benzene rings is 3. The predicted molar refractivity (Wildman–Crippen MR) is 138 cm³/mol. The maximum Gasteiger partial charge on any atom is 0.261 e. The molecule has 3 aromatic rings. The van der Waals surface area contributed by atoms with Crippen LogP contribution in [0.2, 0.25) is 0 Å². The van der Waals surface area contributed by atoms with Gasteiger partial charge in [-0.1, -0.05) is 53.2 Å². The summed E-state index contributed by atoms with van der Waals surface area (Å²) in [5.74, 6) is -0.0569. The summed E-state index contributed by atoms with van der Waals surface area (Å²) in [6.07, 6.45) is 0.831. The zero-order valence-corrected chi connectivity index (χ0v) is 20.5. The van der Waals surface area contributed by atoms with Crippen LogP contribution in [-0.2, 0) is 6.54 Å². The standard InChI is InChI=1S/C25H24BrN3O3S/c1-2-14-32-22-13-10-19(26)15-21(22)24(31)29-25(33)28-20-11-8-18(9-12-20)23(30)27-16-17-6-4-3-5-7-17/h3-13,15H,2,14,16H2,1H3,(H,27,30)(H2,28,29,31,33). The molecule has 0 saturated carbocycles. The number of carbonyl (C=O) groups is 2. The van der Waals surface area contributed by atoms with Gasteiger partial charge in [-0.15, -0.1) is 0 Å². The second kappa shape index (κ2) is 12.1. The van der Waals surface area contributed by atoms with E-state index in [9.17, 15) is 9.59 Å². The molecule has 0 aliphatic carbocycles. The first-order valence-electron chi connectivity index (χ1n) is 10.4. The normalized spacial score (nSPS) is 10.2. The van der Waals surface area contributed by atoms with E-state index in [1.165, 1.54) is 0 Å². The Morgan fingerprint density at radius 1 is 0.970 bits per heavy atom. The Kier molecular flexibility index (Phi) is 8.97. The Hall–Kier alpha value is -3.23. The predicted octanol–water partition coefficient (Wildman–Crippen LogP) is 5.29. The third-order valence-electron chi connectivity index (χ3n) is 4.58. The fourth-order valence-corrected chi connectivity index (χ4v) is 3.51. The summed E-state index contributed by atoms with van der Waals surface area (Å²) < 4.78 is 6.42. The van der Waals surface area contributed by atoms with Gasteiger partial charge < -0.3 is 15.4 Å². The largest absolute Gasteiger partial charge is 0.493 e. The van der Waals surface area contributed by atoms with Crippen molar-refractivity contribution in [2.75, 3.05) is 11.9 Å². The second-order valence-electron chi connectivity index (χ2n) is 7.14. The van der Waals surface area contributed by atoms with Crippen LogP contribution in [0, 0.1) is 0 Å². The van der Waals surface area contributed by atoms with Gasteiger partial charge in [-0.25, -0.2) is 0 Å². The van der Waals surface area contributed by atoms with Crippen LogP contribution < -0.4 is 20.7 Å². The molecule has 0 aliphatic heterocycles. The minimum absolute atomic E-state index is 0.141. The van der Waals surface area contributed by atoms with Crippen LogP contribution in [0.15, 0.2) is 77.3 Å². The molecule has 0 aliphatic rings. The molecule has 2 amide bonds. The Labute approximate surface area is 206 Å². The lowest BCUT2D eigenvalue weighted by molar-refractivity contribution is 0.0948. The lowest BCUT2D eigenvalue weighted by Gasteiger charge is -2.13. The van der Waals surface area contributed by atoms with E-state index in [4.69, 9.17) is 17.0 Å². The van der Waals surface area contributed by atoms with E-state index in [1.54, 1.807) is 36.4 Å². The van der Waals surface area contributed by atoms with E-state index >= 15 is 0 Å². The van der Waals surface area contributed by atoms with E-state index in [-0.39, 0.29) is 16.9 Å². The van der Waals surface area contributed by atoms with Gasteiger partial charge in [0.25, 0.3) is 11.8 Å². The average molecular weight is 526 g/mol. The van der Waals surface area contributed by atoms with Crippen molar-refractivity contribution in [3.8, 4) is 5.75 Å². The van der Waals surface area contributed by atoms with Crippen LogP contribution in [-0.4, -0.2) is 23.5 Å². The first kappa shape index (κ1) is 24.4. The highest BCUT2D eigenvalue weighted by Crippen LogP contribution is 2.23. The third-order valence-corrected chi connectivity index (χ3v) is 5.27. The molecule has 0 bridgehead atoms.